The summed E-state index contributed by atoms with van der Waals surface area (Å²) in [4.78, 5) is 4.15. The molecular formula is C12H12Cl2N2OS. The first-order chi connectivity index (χ1) is 8.58. The first kappa shape index (κ1) is 13.6. The number of hydrogen-bond acceptors (Lipinski definition) is 2. The SMILES string of the molecule is Cn1ccnc1CS(=O)Cc1c(Cl)cccc1Cl. The van der Waals surface area contributed by atoms with E-state index >= 15 is 0 Å². The van der Waals surface area contributed by atoms with Crippen LogP contribution in [0.1, 0.15) is 11.4 Å². The van der Waals surface area contributed by atoms with Crippen molar-refractivity contribution in [2.45, 2.75) is 11.5 Å². The van der Waals surface area contributed by atoms with Gasteiger partial charge in [-0.05, 0) is 12.1 Å². The van der Waals surface area contributed by atoms with Crippen LogP contribution in [0.15, 0.2) is 30.6 Å². The number of halogens is 2. The van der Waals surface area contributed by atoms with Gasteiger partial charge in [0.25, 0.3) is 0 Å². The Morgan fingerprint density at radius 1 is 1.28 bits per heavy atom. The molecule has 2 aromatic rings. The second-order valence-corrected chi connectivity index (χ2v) is 6.15. The van der Waals surface area contributed by atoms with Crippen LogP contribution >= 0.6 is 23.2 Å². The van der Waals surface area contributed by atoms with Gasteiger partial charge in [0.1, 0.15) is 5.82 Å². The van der Waals surface area contributed by atoms with Crippen molar-refractivity contribution in [2.24, 2.45) is 7.05 Å². The van der Waals surface area contributed by atoms with E-state index in [0.29, 0.717) is 21.6 Å². The highest BCUT2D eigenvalue weighted by Gasteiger charge is 2.11. The van der Waals surface area contributed by atoms with Crippen molar-refractivity contribution < 1.29 is 4.21 Å². The van der Waals surface area contributed by atoms with Gasteiger partial charge in [0, 0.05) is 45.8 Å². The normalized spacial score (nSPS) is 12.6. The van der Waals surface area contributed by atoms with Crippen LogP contribution in [0, 0.1) is 0 Å². The van der Waals surface area contributed by atoms with Crippen LogP contribution in [0.4, 0.5) is 0 Å². The second-order valence-electron chi connectivity index (χ2n) is 3.88. The lowest BCUT2D eigenvalue weighted by Gasteiger charge is -2.07. The van der Waals surface area contributed by atoms with Gasteiger partial charge in [-0.25, -0.2) is 4.98 Å². The molecule has 0 fully saturated rings. The molecule has 18 heavy (non-hydrogen) atoms. The van der Waals surface area contributed by atoms with E-state index < -0.39 is 10.8 Å². The number of aromatic nitrogens is 2. The fourth-order valence-electron chi connectivity index (χ4n) is 1.56. The minimum absolute atomic E-state index is 0.339. The highest BCUT2D eigenvalue weighted by molar-refractivity contribution is 7.83. The predicted octanol–water partition coefficient (Wildman–Crippen LogP) is 3.18. The molecule has 0 spiro atoms. The lowest BCUT2D eigenvalue weighted by Crippen LogP contribution is -2.05. The minimum Gasteiger partial charge on any atom is -0.337 e. The summed E-state index contributed by atoms with van der Waals surface area (Å²) in [5.74, 6) is 1.52. The smallest absolute Gasteiger partial charge is 0.121 e. The number of nitrogens with zero attached hydrogens (tertiary/aromatic N) is 2. The van der Waals surface area contributed by atoms with E-state index in [9.17, 15) is 4.21 Å². The summed E-state index contributed by atoms with van der Waals surface area (Å²) in [6.07, 6.45) is 3.52. The Morgan fingerprint density at radius 2 is 1.94 bits per heavy atom. The molecule has 0 bridgehead atoms. The van der Waals surface area contributed by atoms with E-state index in [-0.39, 0.29) is 0 Å². The molecule has 96 valence electrons. The zero-order chi connectivity index (χ0) is 13.1. The maximum Gasteiger partial charge on any atom is 0.121 e. The Balaban J connectivity index is 2.10. The van der Waals surface area contributed by atoms with Crippen LogP contribution in [0.5, 0.6) is 0 Å². The van der Waals surface area contributed by atoms with Crippen molar-refractivity contribution in [2.75, 3.05) is 0 Å². The van der Waals surface area contributed by atoms with Gasteiger partial charge in [-0.1, -0.05) is 29.3 Å². The van der Waals surface area contributed by atoms with Gasteiger partial charge in [0.05, 0.1) is 11.5 Å². The van der Waals surface area contributed by atoms with Crippen molar-refractivity contribution in [1.29, 1.82) is 0 Å². The van der Waals surface area contributed by atoms with Crippen molar-refractivity contribution in [1.82, 2.24) is 9.55 Å². The van der Waals surface area contributed by atoms with Crippen LogP contribution in [0.25, 0.3) is 0 Å². The van der Waals surface area contributed by atoms with Crippen LogP contribution < -0.4 is 0 Å². The minimum atomic E-state index is -1.08. The number of rotatable bonds is 4. The molecule has 1 atom stereocenters. The van der Waals surface area contributed by atoms with Gasteiger partial charge in [-0.3, -0.25) is 4.21 Å². The largest absolute Gasteiger partial charge is 0.337 e. The Bertz CT molecular complexity index is 563. The summed E-state index contributed by atoms with van der Waals surface area (Å²) in [7, 11) is 0.794. The molecular weight excluding hydrogens is 291 g/mol. The molecule has 6 heteroatoms. The summed E-state index contributed by atoms with van der Waals surface area (Å²) in [5.41, 5.74) is 0.730. The van der Waals surface area contributed by atoms with Gasteiger partial charge in [-0.2, -0.15) is 0 Å². The number of benzene rings is 1. The van der Waals surface area contributed by atoms with Crippen LogP contribution in [-0.4, -0.2) is 13.8 Å². The molecule has 0 saturated heterocycles. The molecule has 3 nitrogen and oxygen atoms in total. The summed E-state index contributed by atoms with van der Waals surface area (Å²) in [6.45, 7) is 0. The summed E-state index contributed by atoms with van der Waals surface area (Å²) < 4.78 is 13.9. The van der Waals surface area contributed by atoms with E-state index in [0.717, 1.165) is 11.4 Å². The third-order valence-electron chi connectivity index (χ3n) is 2.58. The third kappa shape index (κ3) is 3.13. The van der Waals surface area contributed by atoms with Gasteiger partial charge < -0.3 is 4.57 Å². The number of hydrogen-bond donors (Lipinski definition) is 0. The molecule has 1 unspecified atom stereocenters. The van der Waals surface area contributed by atoms with E-state index in [2.05, 4.69) is 4.98 Å². The van der Waals surface area contributed by atoms with Gasteiger partial charge in [0.2, 0.25) is 0 Å². The van der Waals surface area contributed by atoms with Gasteiger partial charge in [-0.15, -0.1) is 0 Å². The van der Waals surface area contributed by atoms with Crippen molar-refractivity contribution in [3.8, 4) is 0 Å². The molecule has 0 aliphatic heterocycles. The zero-order valence-electron chi connectivity index (χ0n) is 9.77. The van der Waals surface area contributed by atoms with E-state index in [1.54, 1.807) is 24.4 Å². The Labute approximate surface area is 118 Å². The lowest BCUT2D eigenvalue weighted by molar-refractivity contribution is 0.679. The van der Waals surface area contributed by atoms with E-state index in [4.69, 9.17) is 23.2 Å². The van der Waals surface area contributed by atoms with Crippen LogP contribution in [-0.2, 0) is 29.4 Å². The average Bonchev–Trinajstić information content (AvgIpc) is 2.70. The first-order valence-corrected chi connectivity index (χ1v) is 7.56. The third-order valence-corrected chi connectivity index (χ3v) is 4.48. The zero-order valence-corrected chi connectivity index (χ0v) is 12.1. The van der Waals surface area contributed by atoms with Crippen molar-refractivity contribution >= 4 is 34.0 Å². The van der Waals surface area contributed by atoms with Gasteiger partial charge >= 0.3 is 0 Å². The van der Waals surface area contributed by atoms with Crippen molar-refractivity contribution in [3.05, 3.63) is 52.0 Å². The summed E-state index contributed by atoms with van der Waals surface area (Å²) >= 11 is 12.1. The number of aryl methyl sites for hydroxylation is 1. The predicted molar refractivity (Wildman–Crippen MR) is 75.2 cm³/mol. The monoisotopic (exact) mass is 302 g/mol. The molecule has 0 aliphatic rings. The first-order valence-electron chi connectivity index (χ1n) is 5.32. The fourth-order valence-corrected chi connectivity index (χ4v) is 3.55. The fraction of sp³-hybridized carbons (Fsp3) is 0.250. The average molecular weight is 303 g/mol. The summed E-state index contributed by atoms with van der Waals surface area (Å²) in [6, 6.07) is 5.28. The molecule has 0 aliphatic carbocycles. The Kier molecular flexibility index (Phi) is 4.43. The quantitative estimate of drug-likeness (QED) is 0.869. The van der Waals surface area contributed by atoms with E-state index in [1.165, 1.54) is 0 Å². The van der Waals surface area contributed by atoms with E-state index in [1.807, 2.05) is 17.8 Å². The molecule has 2 rings (SSSR count). The summed E-state index contributed by atoms with van der Waals surface area (Å²) in [5, 5.41) is 1.10. The molecule has 1 aromatic heterocycles. The standard InChI is InChI=1S/C12H12Cl2N2OS/c1-16-6-5-15-12(16)8-18(17)7-9-10(13)3-2-4-11(9)14/h2-6H,7-8H2,1H3. The van der Waals surface area contributed by atoms with Gasteiger partial charge in [0.15, 0.2) is 0 Å². The van der Waals surface area contributed by atoms with Crippen molar-refractivity contribution in [3.63, 3.8) is 0 Å². The maximum absolute atomic E-state index is 12.1. The lowest BCUT2D eigenvalue weighted by atomic mass is 10.2. The maximum atomic E-state index is 12.1. The Hall–Kier alpha value is -0.840. The molecule has 0 N–H and O–H groups in total. The molecule has 1 aromatic carbocycles. The van der Waals surface area contributed by atoms with Crippen LogP contribution in [0.3, 0.4) is 0 Å². The second kappa shape index (κ2) is 5.87. The molecule has 0 amide bonds. The number of imidazole rings is 1. The molecule has 1 heterocycles. The molecule has 0 radical (unpaired) electrons. The Morgan fingerprint density at radius 3 is 2.50 bits per heavy atom. The van der Waals surface area contributed by atoms with Crippen LogP contribution in [0.2, 0.25) is 10.0 Å². The highest BCUT2D eigenvalue weighted by atomic mass is 35.5. The molecule has 0 saturated carbocycles. The topological polar surface area (TPSA) is 34.9 Å². The highest BCUT2D eigenvalue weighted by Crippen LogP contribution is 2.25.